The van der Waals surface area contributed by atoms with Gasteiger partial charge in [0.2, 0.25) is 5.44 Å². The van der Waals surface area contributed by atoms with Gasteiger partial charge in [-0.05, 0) is 76.4 Å². The minimum atomic E-state index is -0.551. The number of allylic oxidation sites excluding steroid dienone is 1. The van der Waals surface area contributed by atoms with Gasteiger partial charge in [-0.3, -0.25) is 5.32 Å². The summed E-state index contributed by atoms with van der Waals surface area (Å²) in [7, 11) is 0. The number of ether oxygens (including phenoxy) is 2. The first kappa shape index (κ1) is 24.7. The van der Waals surface area contributed by atoms with E-state index < -0.39 is 5.44 Å². The van der Waals surface area contributed by atoms with Crippen molar-refractivity contribution in [3.63, 3.8) is 0 Å². The lowest BCUT2D eigenvalue weighted by molar-refractivity contribution is -0.169. The summed E-state index contributed by atoms with van der Waals surface area (Å²) in [6.07, 6.45) is 7.53. The predicted molar refractivity (Wildman–Crippen MR) is 128 cm³/mol. The van der Waals surface area contributed by atoms with E-state index >= 15 is 0 Å². The van der Waals surface area contributed by atoms with Gasteiger partial charge in [0.25, 0.3) is 0 Å². The molecule has 5 nitrogen and oxygen atoms in total. The topological polar surface area (TPSA) is 50.8 Å². The summed E-state index contributed by atoms with van der Waals surface area (Å²) in [5.41, 5.74) is 1.71. The second kappa shape index (κ2) is 9.88. The summed E-state index contributed by atoms with van der Waals surface area (Å²) in [4.78, 5) is 15.3. The second-order valence-electron chi connectivity index (χ2n) is 10.4. The highest BCUT2D eigenvalue weighted by Gasteiger charge is 2.44. The molecule has 1 N–H and O–H groups in total. The molecule has 1 saturated heterocycles. The number of nitrogens with one attached hydrogen (secondary N) is 1. The number of hydrogen-bond donors (Lipinski definition) is 1. The quantitative estimate of drug-likeness (QED) is 0.575. The molecule has 2 heterocycles. The number of esters is 1. The number of nitrogens with zero attached hydrogens (tertiary/aromatic N) is 1. The highest BCUT2D eigenvalue weighted by Crippen LogP contribution is 2.38. The molecule has 0 amide bonds. The lowest BCUT2D eigenvalue weighted by Crippen LogP contribution is -2.62. The van der Waals surface area contributed by atoms with Gasteiger partial charge < -0.3 is 14.4 Å². The first-order valence-electron chi connectivity index (χ1n) is 11.9. The monoisotopic (exact) mass is 450 g/mol. The van der Waals surface area contributed by atoms with Crippen LogP contribution in [0.4, 0.5) is 0 Å². The van der Waals surface area contributed by atoms with E-state index in [0.29, 0.717) is 17.8 Å². The van der Waals surface area contributed by atoms with Crippen LogP contribution in [-0.4, -0.2) is 46.1 Å². The van der Waals surface area contributed by atoms with Crippen molar-refractivity contribution in [2.45, 2.75) is 104 Å². The number of rotatable bonds is 5. The molecule has 31 heavy (non-hydrogen) atoms. The van der Waals surface area contributed by atoms with Gasteiger partial charge in [-0.2, -0.15) is 0 Å². The van der Waals surface area contributed by atoms with Crippen LogP contribution < -0.4 is 5.32 Å². The van der Waals surface area contributed by atoms with E-state index in [-0.39, 0.29) is 30.0 Å². The fourth-order valence-corrected chi connectivity index (χ4v) is 6.25. The Morgan fingerprint density at radius 2 is 2.06 bits per heavy atom. The highest BCUT2D eigenvalue weighted by atomic mass is 32.2. The summed E-state index contributed by atoms with van der Waals surface area (Å²) in [5.74, 6) is 2.12. The predicted octanol–water partition coefficient (Wildman–Crippen LogP) is 5.29. The van der Waals surface area contributed by atoms with Gasteiger partial charge in [-0.25, -0.2) is 4.79 Å². The third-order valence-electron chi connectivity index (χ3n) is 7.25. The molecule has 1 saturated carbocycles. The lowest BCUT2D eigenvalue weighted by atomic mass is 9.75. The Morgan fingerprint density at radius 1 is 1.35 bits per heavy atom. The summed E-state index contributed by atoms with van der Waals surface area (Å²) in [6.45, 7) is 17.5. The van der Waals surface area contributed by atoms with E-state index in [1.807, 2.05) is 0 Å². The van der Waals surface area contributed by atoms with Crippen molar-refractivity contribution in [2.75, 3.05) is 5.75 Å². The maximum atomic E-state index is 13.0. The Morgan fingerprint density at radius 3 is 2.71 bits per heavy atom. The van der Waals surface area contributed by atoms with E-state index in [4.69, 9.17) is 9.47 Å². The second-order valence-corrected chi connectivity index (χ2v) is 11.5. The largest absolute Gasteiger partial charge is 0.459 e. The van der Waals surface area contributed by atoms with Crippen LogP contribution in [0.2, 0.25) is 0 Å². The third kappa shape index (κ3) is 5.51. The molecule has 2 aliphatic heterocycles. The Balaban J connectivity index is 1.68. The lowest BCUT2D eigenvalue weighted by Gasteiger charge is -2.48. The molecular weight excluding hydrogens is 408 g/mol. The van der Waals surface area contributed by atoms with E-state index in [9.17, 15) is 4.79 Å². The number of carbonyl (C=O) groups is 1. The minimum Gasteiger partial charge on any atom is -0.459 e. The molecular formula is C25H42N2O3S. The molecule has 0 bridgehead atoms. The van der Waals surface area contributed by atoms with Crippen LogP contribution in [0.5, 0.6) is 0 Å². The van der Waals surface area contributed by atoms with E-state index in [1.165, 1.54) is 17.6 Å². The van der Waals surface area contributed by atoms with Gasteiger partial charge in [0.05, 0.1) is 5.66 Å². The first-order valence-corrected chi connectivity index (χ1v) is 13.0. The molecule has 6 heteroatoms. The van der Waals surface area contributed by atoms with Crippen molar-refractivity contribution in [3.8, 4) is 0 Å². The van der Waals surface area contributed by atoms with Crippen LogP contribution in [0, 0.1) is 17.8 Å². The van der Waals surface area contributed by atoms with Crippen molar-refractivity contribution in [2.24, 2.45) is 17.8 Å². The fourth-order valence-electron chi connectivity index (χ4n) is 5.27. The highest BCUT2D eigenvalue weighted by molar-refractivity contribution is 8.00. The molecule has 3 aliphatic rings. The van der Waals surface area contributed by atoms with Gasteiger partial charge >= 0.3 is 5.97 Å². The fraction of sp³-hybridized carbons (Fsp3) is 0.800. The van der Waals surface area contributed by atoms with Crippen molar-refractivity contribution in [3.05, 3.63) is 23.4 Å². The zero-order valence-corrected chi connectivity index (χ0v) is 21.4. The molecule has 0 aromatic heterocycles. The Hall–Kier alpha value is -0.980. The average molecular weight is 451 g/mol. The molecule has 0 radical (unpaired) electrons. The molecule has 0 aromatic rings. The molecule has 0 unspecified atom stereocenters. The van der Waals surface area contributed by atoms with Crippen molar-refractivity contribution in [1.82, 2.24) is 10.2 Å². The van der Waals surface area contributed by atoms with Gasteiger partial charge in [0.15, 0.2) is 0 Å². The maximum Gasteiger partial charge on any atom is 0.346 e. The van der Waals surface area contributed by atoms with E-state index in [2.05, 4.69) is 77.9 Å². The average Bonchev–Trinajstić information content (AvgIpc) is 3.16. The summed E-state index contributed by atoms with van der Waals surface area (Å²) in [6, 6.07) is 0.263. The summed E-state index contributed by atoms with van der Waals surface area (Å²) >= 11 is 1.56. The maximum absolute atomic E-state index is 13.0. The molecule has 3 rings (SSSR count). The summed E-state index contributed by atoms with van der Waals surface area (Å²) < 4.78 is 12.3. The van der Waals surface area contributed by atoms with E-state index in [0.717, 1.165) is 18.6 Å². The van der Waals surface area contributed by atoms with Crippen molar-refractivity contribution >= 4 is 17.7 Å². The first-order chi connectivity index (χ1) is 14.5. The zero-order valence-electron chi connectivity index (χ0n) is 20.6. The Bertz CT molecular complexity index is 718. The molecule has 176 valence electrons. The van der Waals surface area contributed by atoms with Gasteiger partial charge in [-0.15, -0.1) is 11.8 Å². The third-order valence-corrected chi connectivity index (χ3v) is 8.33. The van der Waals surface area contributed by atoms with E-state index in [1.54, 1.807) is 11.8 Å². The van der Waals surface area contributed by atoms with Crippen molar-refractivity contribution < 1.29 is 14.3 Å². The van der Waals surface area contributed by atoms with Crippen LogP contribution in [0.1, 0.15) is 74.7 Å². The molecule has 0 aromatic carbocycles. The summed E-state index contributed by atoms with van der Waals surface area (Å²) in [5, 5.41) is 3.69. The number of thioether (sulfide) groups is 1. The van der Waals surface area contributed by atoms with Gasteiger partial charge in [0, 0.05) is 18.0 Å². The van der Waals surface area contributed by atoms with Gasteiger partial charge in [0.1, 0.15) is 12.3 Å². The van der Waals surface area contributed by atoms with Crippen LogP contribution in [0.25, 0.3) is 0 Å². The molecule has 0 spiro atoms. The normalized spacial score (nSPS) is 36.5. The number of carbonyl (C=O) groups excluding carboxylic acids is 1. The van der Waals surface area contributed by atoms with Crippen LogP contribution in [0.15, 0.2) is 23.4 Å². The van der Waals surface area contributed by atoms with Crippen LogP contribution in [-0.2, 0) is 14.3 Å². The Labute approximate surface area is 193 Å². The number of hydrogen-bond acceptors (Lipinski definition) is 6. The smallest absolute Gasteiger partial charge is 0.346 e. The van der Waals surface area contributed by atoms with Crippen molar-refractivity contribution in [1.29, 1.82) is 0 Å². The standard InChI is InChI=1S/C25H42N2O3S/c1-9-17(5)20-13-27(25(7,8)26-18(20)6)22-14-31-24(30-22)23(28)29-21-12-16(4)10-11-19(21)15(2)3/h9,13,15-16,18-19,21-22,24,26H,10-12,14H2,1-8H3/b17-9+/t16-,18-,19+,21-,22+,24-/m1/s1. The SMILES string of the molecule is C/C=C(\C)C1=CN([C@@H]2CS[C@H](C(=O)O[C@@H]3C[C@H](C)CC[C@H]3C(C)C)O2)C(C)(C)N[C@@H]1C. The minimum absolute atomic E-state index is 0.0114. The van der Waals surface area contributed by atoms with Gasteiger partial charge in [-0.1, -0.05) is 33.3 Å². The molecule has 2 fully saturated rings. The van der Waals surface area contributed by atoms with Crippen LogP contribution >= 0.6 is 11.8 Å². The Kier molecular flexibility index (Phi) is 7.86. The zero-order chi connectivity index (χ0) is 22.9. The molecule has 1 aliphatic carbocycles. The molecule has 6 atom stereocenters. The van der Waals surface area contributed by atoms with Crippen LogP contribution in [0.3, 0.4) is 0 Å².